The highest BCUT2D eigenvalue weighted by Crippen LogP contribution is 2.32. The summed E-state index contributed by atoms with van der Waals surface area (Å²) in [6, 6.07) is 0.0557. The summed E-state index contributed by atoms with van der Waals surface area (Å²) >= 11 is 0. The number of carbonyl (C=O) groups excluding carboxylic acids is 2. The van der Waals surface area contributed by atoms with Crippen LogP contribution in [0.5, 0.6) is 0 Å². The molecule has 0 saturated carbocycles. The van der Waals surface area contributed by atoms with Crippen molar-refractivity contribution in [3.63, 3.8) is 0 Å². The largest absolute Gasteiger partial charge is 0.353 e. The van der Waals surface area contributed by atoms with Crippen molar-refractivity contribution in [1.29, 1.82) is 0 Å². The Bertz CT molecular complexity index is 268. The molecule has 0 spiro atoms. The summed E-state index contributed by atoms with van der Waals surface area (Å²) in [4.78, 5) is 21.6. The predicted molar refractivity (Wildman–Crippen MR) is 54.7 cm³/mol. The van der Waals surface area contributed by atoms with E-state index in [4.69, 9.17) is 0 Å². The number of allylic oxidation sites excluding steroid dienone is 1. The zero-order valence-electron chi connectivity index (χ0n) is 8.91. The van der Waals surface area contributed by atoms with E-state index in [1.54, 1.807) is 0 Å². The summed E-state index contributed by atoms with van der Waals surface area (Å²) in [5.41, 5.74) is -0.0643. The minimum absolute atomic E-state index is 0.0389. The molecule has 0 aromatic rings. The Morgan fingerprint density at radius 1 is 1.57 bits per heavy atom. The van der Waals surface area contributed by atoms with Crippen molar-refractivity contribution < 1.29 is 9.59 Å². The molecule has 1 amide bonds. The fourth-order valence-corrected chi connectivity index (χ4v) is 1.73. The van der Waals surface area contributed by atoms with Crippen LogP contribution < -0.4 is 5.32 Å². The van der Waals surface area contributed by atoms with E-state index < -0.39 is 0 Å². The van der Waals surface area contributed by atoms with Gasteiger partial charge in [0.2, 0.25) is 5.91 Å². The van der Waals surface area contributed by atoms with Crippen LogP contribution in [0.25, 0.3) is 0 Å². The third kappa shape index (κ3) is 2.44. The average molecular weight is 195 g/mol. The van der Waals surface area contributed by atoms with E-state index in [1.165, 1.54) is 6.92 Å². The number of carbonyl (C=O) groups is 2. The first-order chi connectivity index (χ1) is 6.45. The van der Waals surface area contributed by atoms with Gasteiger partial charge >= 0.3 is 0 Å². The topological polar surface area (TPSA) is 46.2 Å². The lowest BCUT2D eigenvalue weighted by molar-refractivity contribution is -0.121. The van der Waals surface area contributed by atoms with Gasteiger partial charge in [-0.05, 0) is 6.42 Å². The molecule has 0 aliphatic heterocycles. The van der Waals surface area contributed by atoms with Crippen molar-refractivity contribution in [2.45, 2.75) is 33.2 Å². The summed E-state index contributed by atoms with van der Waals surface area (Å²) in [5.74, 6) is -0.0945. The molecule has 1 aliphatic carbocycles. The maximum Gasteiger partial charge on any atom is 0.217 e. The standard InChI is InChI=1S/C11H17NO2/c1-8(14)12-10-6-9(7-13)4-5-11(10,2)3/h4-5,7,9-10H,6H2,1-3H3,(H,12,14). The summed E-state index contributed by atoms with van der Waals surface area (Å²) in [7, 11) is 0. The van der Waals surface area contributed by atoms with E-state index in [1.807, 2.05) is 12.2 Å². The molecule has 14 heavy (non-hydrogen) atoms. The van der Waals surface area contributed by atoms with Gasteiger partial charge in [0, 0.05) is 24.3 Å². The third-order valence-corrected chi connectivity index (χ3v) is 2.73. The van der Waals surface area contributed by atoms with E-state index in [2.05, 4.69) is 19.2 Å². The van der Waals surface area contributed by atoms with Gasteiger partial charge in [-0.15, -0.1) is 0 Å². The van der Waals surface area contributed by atoms with E-state index in [0.717, 1.165) is 6.29 Å². The van der Waals surface area contributed by atoms with Gasteiger partial charge in [-0.1, -0.05) is 26.0 Å². The van der Waals surface area contributed by atoms with Gasteiger partial charge in [0.05, 0.1) is 0 Å². The van der Waals surface area contributed by atoms with E-state index in [-0.39, 0.29) is 23.3 Å². The molecule has 0 fully saturated rings. The fraction of sp³-hybridized carbons (Fsp3) is 0.636. The van der Waals surface area contributed by atoms with Gasteiger partial charge in [0.15, 0.2) is 0 Å². The molecular formula is C11H17NO2. The fourth-order valence-electron chi connectivity index (χ4n) is 1.73. The van der Waals surface area contributed by atoms with Crippen LogP contribution in [0, 0.1) is 11.3 Å². The van der Waals surface area contributed by atoms with Gasteiger partial charge in [-0.2, -0.15) is 0 Å². The zero-order valence-corrected chi connectivity index (χ0v) is 8.91. The molecule has 3 heteroatoms. The molecule has 0 radical (unpaired) electrons. The van der Waals surface area contributed by atoms with Crippen LogP contribution in [0.15, 0.2) is 12.2 Å². The van der Waals surface area contributed by atoms with E-state index in [9.17, 15) is 9.59 Å². The molecule has 78 valence electrons. The quantitative estimate of drug-likeness (QED) is 0.533. The second kappa shape index (κ2) is 3.95. The minimum Gasteiger partial charge on any atom is -0.353 e. The summed E-state index contributed by atoms with van der Waals surface area (Å²) in [5, 5.41) is 2.89. The van der Waals surface area contributed by atoms with Crippen LogP contribution in [0.3, 0.4) is 0 Å². The molecule has 0 saturated heterocycles. The van der Waals surface area contributed by atoms with Gasteiger partial charge in [-0.3, -0.25) is 4.79 Å². The minimum atomic E-state index is -0.0643. The molecule has 0 bridgehead atoms. The van der Waals surface area contributed by atoms with Crippen molar-refractivity contribution in [1.82, 2.24) is 5.32 Å². The first kappa shape index (κ1) is 11.0. The molecular weight excluding hydrogens is 178 g/mol. The molecule has 2 atom stereocenters. The number of amides is 1. The normalized spacial score (nSPS) is 29.6. The second-order valence-electron chi connectivity index (χ2n) is 4.47. The lowest BCUT2D eigenvalue weighted by Gasteiger charge is -2.36. The molecule has 2 unspecified atom stereocenters. The third-order valence-electron chi connectivity index (χ3n) is 2.73. The summed E-state index contributed by atoms with van der Waals surface area (Å²) < 4.78 is 0. The number of rotatable bonds is 2. The van der Waals surface area contributed by atoms with Crippen LogP contribution in [0.1, 0.15) is 27.2 Å². The Labute approximate surface area is 84.6 Å². The molecule has 0 aromatic heterocycles. The Kier molecular flexibility index (Phi) is 3.09. The van der Waals surface area contributed by atoms with Gasteiger partial charge < -0.3 is 10.1 Å². The van der Waals surface area contributed by atoms with Crippen LogP contribution in [0.2, 0.25) is 0 Å². The highest BCUT2D eigenvalue weighted by molar-refractivity contribution is 5.73. The second-order valence-corrected chi connectivity index (χ2v) is 4.47. The van der Waals surface area contributed by atoms with Crippen molar-refractivity contribution in [3.05, 3.63) is 12.2 Å². The SMILES string of the molecule is CC(=O)NC1CC(C=O)C=CC1(C)C. The lowest BCUT2D eigenvalue weighted by Crippen LogP contribution is -2.46. The van der Waals surface area contributed by atoms with Crippen molar-refractivity contribution in [3.8, 4) is 0 Å². The van der Waals surface area contributed by atoms with Crippen LogP contribution >= 0.6 is 0 Å². The van der Waals surface area contributed by atoms with Gasteiger partial charge in [0.1, 0.15) is 6.29 Å². The Balaban J connectivity index is 2.77. The van der Waals surface area contributed by atoms with Crippen molar-refractivity contribution in [2.75, 3.05) is 0 Å². The number of aldehydes is 1. The first-order valence-electron chi connectivity index (χ1n) is 4.87. The molecule has 0 aromatic carbocycles. The van der Waals surface area contributed by atoms with Crippen LogP contribution in [-0.4, -0.2) is 18.2 Å². The zero-order chi connectivity index (χ0) is 10.8. The smallest absolute Gasteiger partial charge is 0.217 e. The summed E-state index contributed by atoms with van der Waals surface area (Å²) in [6.45, 7) is 5.63. The molecule has 0 heterocycles. The lowest BCUT2D eigenvalue weighted by atomic mass is 9.75. The highest BCUT2D eigenvalue weighted by atomic mass is 16.1. The Morgan fingerprint density at radius 3 is 2.71 bits per heavy atom. The van der Waals surface area contributed by atoms with Crippen molar-refractivity contribution in [2.24, 2.45) is 11.3 Å². The van der Waals surface area contributed by atoms with E-state index >= 15 is 0 Å². The average Bonchev–Trinajstić information content (AvgIpc) is 2.08. The Hall–Kier alpha value is -1.12. The van der Waals surface area contributed by atoms with Crippen LogP contribution in [0.4, 0.5) is 0 Å². The van der Waals surface area contributed by atoms with Crippen molar-refractivity contribution >= 4 is 12.2 Å². The highest BCUT2D eigenvalue weighted by Gasteiger charge is 2.32. The van der Waals surface area contributed by atoms with Crippen LogP contribution in [-0.2, 0) is 9.59 Å². The van der Waals surface area contributed by atoms with Gasteiger partial charge in [-0.25, -0.2) is 0 Å². The molecule has 1 N–H and O–H groups in total. The molecule has 3 nitrogen and oxygen atoms in total. The van der Waals surface area contributed by atoms with E-state index in [0.29, 0.717) is 6.42 Å². The molecule has 1 aliphatic rings. The number of hydrogen-bond donors (Lipinski definition) is 1. The maximum atomic E-state index is 11.0. The number of hydrogen-bond acceptors (Lipinski definition) is 2. The summed E-state index contributed by atoms with van der Waals surface area (Å²) in [6.07, 6.45) is 5.56. The predicted octanol–water partition coefficient (Wildman–Crippen LogP) is 1.29. The monoisotopic (exact) mass is 195 g/mol. The van der Waals surface area contributed by atoms with Gasteiger partial charge in [0.25, 0.3) is 0 Å². The first-order valence-corrected chi connectivity index (χ1v) is 4.87. The maximum absolute atomic E-state index is 11.0. The Morgan fingerprint density at radius 2 is 2.21 bits per heavy atom. The number of nitrogens with one attached hydrogen (secondary N) is 1. The molecule has 1 rings (SSSR count).